The molecule has 18 heavy (non-hydrogen) atoms. The average Bonchev–Trinajstić information content (AvgIpc) is 2.99. The third-order valence-electron chi connectivity index (χ3n) is 3.58. The number of carbonyl (C=O) groups excluding carboxylic acids is 2. The quantitative estimate of drug-likeness (QED) is 0.734. The SMILES string of the molecule is O=C(CN1CCN2C(=O)NCC2C1)c1ccc[nH]1. The van der Waals surface area contributed by atoms with Crippen molar-refractivity contribution in [3.05, 3.63) is 24.0 Å². The lowest BCUT2D eigenvalue weighted by molar-refractivity contribution is 0.0834. The van der Waals surface area contributed by atoms with Crippen molar-refractivity contribution in [2.24, 2.45) is 0 Å². The number of Topliss-reactive ketones (excluding diaryl/α,β-unsaturated/α-hetero) is 1. The number of aromatic nitrogens is 1. The molecule has 96 valence electrons. The lowest BCUT2D eigenvalue weighted by Gasteiger charge is -2.35. The summed E-state index contributed by atoms with van der Waals surface area (Å²) in [6.45, 7) is 3.33. The van der Waals surface area contributed by atoms with Gasteiger partial charge in [-0.1, -0.05) is 0 Å². The Bertz CT molecular complexity index is 457. The Labute approximate surface area is 105 Å². The van der Waals surface area contributed by atoms with Gasteiger partial charge in [-0.3, -0.25) is 9.69 Å². The van der Waals surface area contributed by atoms with Gasteiger partial charge >= 0.3 is 6.03 Å². The molecule has 2 saturated heterocycles. The zero-order chi connectivity index (χ0) is 12.5. The van der Waals surface area contributed by atoms with Gasteiger partial charge in [-0.25, -0.2) is 4.79 Å². The number of nitrogens with zero attached hydrogens (tertiary/aromatic N) is 2. The normalized spacial score (nSPS) is 23.9. The number of fused-ring (bicyclic) bond motifs is 1. The molecular formula is C12H16N4O2. The molecule has 1 aromatic heterocycles. The summed E-state index contributed by atoms with van der Waals surface area (Å²) >= 11 is 0. The van der Waals surface area contributed by atoms with Crippen LogP contribution in [0.3, 0.4) is 0 Å². The molecule has 2 aliphatic heterocycles. The van der Waals surface area contributed by atoms with E-state index in [9.17, 15) is 9.59 Å². The zero-order valence-electron chi connectivity index (χ0n) is 10.1. The number of piperazine rings is 1. The van der Waals surface area contributed by atoms with E-state index in [0.717, 1.165) is 13.1 Å². The average molecular weight is 248 g/mol. The van der Waals surface area contributed by atoms with Crippen molar-refractivity contribution in [3.8, 4) is 0 Å². The molecule has 2 aliphatic rings. The van der Waals surface area contributed by atoms with Gasteiger partial charge in [0.1, 0.15) is 0 Å². The first-order chi connectivity index (χ1) is 8.74. The van der Waals surface area contributed by atoms with Gasteiger partial charge in [0, 0.05) is 32.4 Å². The molecule has 0 bridgehead atoms. The van der Waals surface area contributed by atoms with E-state index in [-0.39, 0.29) is 17.9 Å². The Kier molecular flexibility index (Phi) is 2.79. The van der Waals surface area contributed by atoms with Crippen LogP contribution in [0.15, 0.2) is 18.3 Å². The highest BCUT2D eigenvalue weighted by Gasteiger charge is 2.35. The molecule has 6 heteroatoms. The first-order valence-corrected chi connectivity index (χ1v) is 6.17. The summed E-state index contributed by atoms with van der Waals surface area (Å²) in [6.07, 6.45) is 1.75. The summed E-state index contributed by atoms with van der Waals surface area (Å²) < 4.78 is 0. The highest BCUT2D eigenvalue weighted by Crippen LogP contribution is 2.14. The Morgan fingerprint density at radius 2 is 2.33 bits per heavy atom. The maximum absolute atomic E-state index is 12.0. The molecule has 0 aliphatic carbocycles. The Morgan fingerprint density at radius 3 is 3.11 bits per heavy atom. The summed E-state index contributed by atoms with van der Waals surface area (Å²) in [7, 11) is 0. The van der Waals surface area contributed by atoms with Crippen molar-refractivity contribution in [3.63, 3.8) is 0 Å². The summed E-state index contributed by atoms with van der Waals surface area (Å²) in [4.78, 5) is 30.3. The van der Waals surface area contributed by atoms with Gasteiger partial charge in [0.15, 0.2) is 5.78 Å². The Balaban J connectivity index is 1.59. The van der Waals surface area contributed by atoms with Crippen LogP contribution in [0.4, 0.5) is 4.79 Å². The molecular weight excluding hydrogens is 232 g/mol. The first-order valence-electron chi connectivity index (χ1n) is 6.17. The van der Waals surface area contributed by atoms with Crippen molar-refractivity contribution in [1.82, 2.24) is 20.1 Å². The van der Waals surface area contributed by atoms with Crippen LogP contribution in [0.5, 0.6) is 0 Å². The highest BCUT2D eigenvalue weighted by molar-refractivity contribution is 5.95. The van der Waals surface area contributed by atoms with Gasteiger partial charge in [-0.2, -0.15) is 0 Å². The van der Waals surface area contributed by atoms with E-state index in [1.807, 2.05) is 11.0 Å². The largest absolute Gasteiger partial charge is 0.359 e. The molecule has 1 atom stereocenters. The monoisotopic (exact) mass is 248 g/mol. The summed E-state index contributed by atoms with van der Waals surface area (Å²) in [5.74, 6) is 0.103. The van der Waals surface area contributed by atoms with Crippen LogP contribution in [0, 0.1) is 0 Å². The fourth-order valence-electron chi connectivity index (χ4n) is 2.60. The topological polar surface area (TPSA) is 68.4 Å². The third kappa shape index (κ3) is 1.99. The minimum absolute atomic E-state index is 0.0235. The standard InChI is InChI=1S/C12H16N4O2/c17-11(10-2-1-3-13-10)8-15-4-5-16-9(7-15)6-14-12(16)18/h1-3,9,13H,4-8H2,(H,14,18). The summed E-state index contributed by atoms with van der Waals surface area (Å²) in [6, 6.07) is 3.85. The molecule has 6 nitrogen and oxygen atoms in total. The van der Waals surface area contributed by atoms with Crippen LogP contribution >= 0.6 is 0 Å². The molecule has 0 spiro atoms. The van der Waals surface area contributed by atoms with Gasteiger partial charge < -0.3 is 15.2 Å². The molecule has 0 saturated carbocycles. The van der Waals surface area contributed by atoms with Crippen molar-refractivity contribution >= 4 is 11.8 Å². The second-order valence-electron chi connectivity index (χ2n) is 4.78. The minimum atomic E-state index is 0.0235. The molecule has 3 rings (SSSR count). The number of H-pyrrole nitrogens is 1. The van der Waals surface area contributed by atoms with Crippen LogP contribution in [0.1, 0.15) is 10.5 Å². The number of amides is 2. The van der Waals surface area contributed by atoms with E-state index >= 15 is 0 Å². The molecule has 3 heterocycles. The molecule has 1 aromatic rings. The number of ketones is 1. The number of hydrogen-bond acceptors (Lipinski definition) is 3. The van der Waals surface area contributed by atoms with E-state index in [1.54, 1.807) is 12.3 Å². The van der Waals surface area contributed by atoms with Gasteiger partial charge in [0.25, 0.3) is 0 Å². The maximum atomic E-state index is 12.0. The molecule has 0 aromatic carbocycles. The number of aromatic amines is 1. The molecule has 1 unspecified atom stereocenters. The van der Waals surface area contributed by atoms with Crippen LogP contribution in [0.25, 0.3) is 0 Å². The van der Waals surface area contributed by atoms with Crippen molar-refractivity contribution in [2.45, 2.75) is 6.04 Å². The van der Waals surface area contributed by atoms with Gasteiger partial charge in [0.05, 0.1) is 18.3 Å². The number of nitrogens with one attached hydrogen (secondary N) is 2. The van der Waals surface area contributed by atoms with Crippen molar-refractivity contribution in [2.75, 3.05) is 32.7 Å². The number of rotatable bonds is 3. The minimum Gasteiger partial charge on any atom is -0.359 e. The maximum Gasteiger partial charge on any atom is 0.317 e. The predicted octanol–water partition coefficient (Wildman–Crippen LogP) is -0.0932. The van der Waals surface area contributed by atoms with E-state index in [0.29, 0.717) is 25.3 Å². The van der Waals surface area contributed by atoms with Gasteiger partial charge in [-0.05, 0) is 12.1 Å². The third-order valence-corrected chi connectivity index (χ3v) is 3.58. The summed E-state index contributed by atoms with van der Waals surface area (Å²) in [5.41, 5.74) is 0.651. The van der Waals surface area contributed by atoms with Crippen LogP contribution in [-0.2, 0) is 0 Å². The Morgan fingerprint density at radius 1 is 1.44 bits per heavy atom. The molecule has 2 N–H and O–H groups in total. The molecule has 2 fully saturated rings. The number of carbonyl (C=O) groups is 2. The Hall–Kier alpha value is -1.82. The molecule has 0 radical (unpaired) electrons. The van der Waals surface area contributed by atoms with Crippen molar-refractivity contribution < 1.29 is 9.59 Å². The fourth-order valence-corrected chi connectivity index (χ4v) is 2.60. The zero-order valence-corrected chi connectivity index (χ0v) is 10.1. The van der Waals surface area contributed by atoms with Gasteiger partial charge in [0.2, 0.25) is 0 Å². The van der Waals surface area contributed by atoms with E-state index < -0.39 is 0 Å². The highest BCUT2D eigenvalue weighted by atomic mass is 16.2. The van der Waals surface area contributed by atoms with Crippen molar-refractivity contribution in [1.29, 1.82) is 0 Å². The van der Waals surface area contributed by atoms with E-state index in [2.05, 4.69) is 15.2 Å². The van der Waals surface area contributed by atoms with E-state index in [1.165, 1.54) is 0 Å². The van der Waals surface area contributed by atoms with Crippen LogP contribution in [-0.4, -0.2) is 65.4 Å². The second kappa shape index (κ2) is 4.45. The number of urea groups is 1. The lowest BCUT2D eigenvalue weighted by Crippen LogP contribution is -2.53. The number of hydrogen-bond donors (Lipinski definition) is 2. The lowest BCUT2D eigenvalue weighted by atomic mass is 10.1. The predicted molar refractivity (Wildman–Crippen MR) is 65.5 cm³/mol. The summed E-state index contributed by atoms with van der Waals surface area (Å²) in [5, 5.41) is 2.83. The van der Waals surface area contributed by atoms with Crippen LogP contribution in [0.2, 0.25) is 0 Å². The smallest absolute Gasteiger partial charge is 0.317 e. The van der Waals surface area contributed by atoms with E-state index in [4.69, 9.17) is 0 Å². The molecule has 2 amide bonds. The first kappa shape index (κ1) is 11.3. The fraction of sp³-hybridized carbons (Fsp3) is 0.500. The van der Waals surface area contributed by atoms with Crippen LogP contribution < -0.4 is 5.32 Å². The second-order valence-corrected chi connectivity index (χ2v) is 4.78. The van der Waals surface area contributed by atoms with Gasteiger partial charge in [-0.15, -0.1) is 0 Å².